The first kappa shape index (κ1) is 16.8. The molecule has 0 aliphatic rings. The van der Waals surface area contributed by atoms with Gasteiger partial charge >= 0.3 is 0 Å². The number of hydrogen-bond donors (Lipinski definition) is 0. The van der Waals surface area contributed by atoms with Gasteiger partial charge in [0.1, 0.15) is 0 Å². The Labute approximate surface area is 141 Å². The van der Waals surface area contributed by atoms with Crippen LogP contribution in [0.3, 0.4) is 0 Å². The van der Waals surface area contributed by atoms with E-state index in [-0.39, 0.29) is 0 Å². The Hall–Kier alpha value is -1.58. The van der Waals surface area contributed by atoms with Crippen molar-refractivity contribution in [1.29, 1.82) is 0 Å². The summed E-state index contributed by atoms with van der Waals surface area (Å²) in [5.41, 5.74) is 4.23. The third kappa shape index (κ3) is 4.72. The first-order valence-electron chi connectivity index (χ1n) is 7.16. The van der Waals surface area contributed by atoms with E-state index in [1.54, 1.807) is 12.4 Å². The fraction of sp³-hybridized carbons (Fsp3) is 0.294. The number of nitrogens with zero attached hydrogens (tertiary/aromatic N) is 3. The maximum absolute atomic E-state index is 5.86. The second kappa shape index (κ2) is 8.76. The number of pyridine rings is 1. The fourth-order valence-electron chi connectivity index (χ4n) is 2.15. The molecule has 2 aromatic rings. The number of anilines is 1. The number of aryl methyl sites for hydroxylation is 1. The first-order chi connectivity index (χ1) is 10.7. The standard InChI is InChI=1S/C17H19Cl2N3/c1-14-11-17(22(9-6-18)10-7-19)5-4-15(14)12-21-16-3-2-8-20-13-16/h2-5,8,11-13H,6-7,9-10H2,1H3. The Kier molecular flexibility index (Phi) is 6.69. The molecule has 0 N–H and O–H groups in total. The second-order valence-corrected chi connectivity index (χ2v) is 5.63. The van der Waals surface area contributed by atoms with Gasteiger partial charge in [0.05, 0.1) is 11.9 Å². The molecular weight excluding hydrogens is 317 g/mol. The molecule has 0 aliphatic heterocycles. The van der Waals surface area contributed by atoms with Crippen molar-refractivity contribution < 1.29 is 0 Å². The van der Waals surface area contributed by atoms with Crippen LogP contribution in [0.25, 0.3) is 0 Å². The highest BCUT2D eigenvalue weighted by atomic mass is 35.5. The molecule has 2 rings (SSSR count). The summed E-state index contributed by atoms with van der Waals surface area (Å²) in [6.07, 6.45) is 5.34. The number of benzene rings is 1. The zero-order valence-electron chi connectivity index (χ0n) is 12.5. The Bertz CT molecular complexity index is 609. The van der Waals surface area contributed by atoms with E-state index in [1.807, 2.05) is 18.3 Å². The molecule has 0 bridgehead atoms. The summed E-state index contributed by atoms with van der Waals surface area (Å²) in [5.74, 6) is 1.17. The molecule has 0 spiro atoms. The van der Waals surface area contributed by atoms with Crippen LogP contribution >= 0.6 is 23.2 Å². The Morgan fingerprint density at radius 3 is 2.55 bits per heavy atom. The fourth-order valence-corrected chi connectivity index (χ4v) is 2.56. The molecule has 22 heavy (non-hydrogen) atoms. The molecule has 0 radical (unpaired) electrons. The van der Waals surface area contributed by atoms with Crippen LogP contribution < -0.4 is 4.90 Å². The van der Waals surface area contributed by atoms with Crippen LogP contribution in [0.2, 0.25) is 0 Å². The van der Waals surface area contributed by atoms with Gasteiger partial charge in [0.2, 0.25) is 0 Å². The largest absolute Gasteiger partial charge is 0.369 e. The van der Waals surface area contributed by atoms with Gasteiger partial charge in [-0.3, -0.25) is 9.98 Å². The van der Waals surface area contributed by atoms with Crippen molar-refractivity contribution >= 4 is 40.8 Å². The maximum Gasteiger partial charge on any atom is 0.0813 e. The van der Waals surface area contributed by atoms with Crippen molar-refractivity contribution in [2.24, 2.45) is 4.99 Å². The van der Waals surface area contributed by atoms with Gasteiger partial charge in [-0.25, -0.2) is 0 Å². The van der Waals surface area contributed by atoms with Crippen LogP contribution in [0.4, 0.5) is 11.4 Å². The lowest BCUT2D eigenvalue weighted by molar-refractivity contribution is 0.873. The van der Waals surface area contributed by atoms with E-state index in [4.69, 9.17) is 23.2 Å². The van der Waals surface area contributed by atoms with Gasteiger partial charge in [-0.15, -0.1) is 23.2 Å². The van der Waals surface area contributed by atoms with Crippen LogP contribution in [0, 0.1) is 6.92 Å². The topological polar surface area (TPSA) is 28.5 Å². The molecule has 5 heteroatoms. The van der Waals surface area contributed by atoms with E-state index in [2.05, 4.69) is 40.0 Å². The monoisotopic (exact) mass is 335 g/mol. The molecule has 116 valence electrons. The predicted octanol–water partition coefficient (Wildman–Crippen LogP) is 4.42. The average Bonchev–Trinajstić information content (AvgIpc) is 2.54. The minimum absolute atomic E-state index is 0.583. The molecule has 0 saturated carbocycles. The number of aromatic nitrogens is 1. The van der Waals surface area contributed by atoms with Crippen molar-refractivity contribution in [3.8, 4) is 0 Å². The quantitative estimate of drug-likeness (QED) is 0.553. The third-order valence-corrected chi connectivity index (χ3v) is 3.66. The van der Waals surface area contributed by atoms with Crippen molar-refractivity contribution in [3.63, 3.8) is 0 Å². The Morgan fingerprint density at radius 1 is 1.18 bits per heavy atom. The van der Waals surface area contributed by atoms with Gasteiger partial charge in [-0.2, -0.15) is 0 Å². The summed E-state index contributed by atoms with van der Waals surface area (Å²) < 4.78 is 0. The molecule has 0 saturated heterocycles. The van der Waals surface area contributed by atoms with Gasteiger partial charge in [-0.05, 0) is 42.3 Å². The highest BCUT2D eigenvalue weighted by molar-refractivity contribution is 6.18. The summed E-state index contributed by atoms with van der Waals surface area (Å²) in [7, 11) is 0. The van der Waals surface area contributed by atoms with Crippen LogP contribution in [0.1, 0.15) is 11.1 Å². The molecule has 1 heterocycles. The zero-order valence-corrected chi connectivity index (χ0v) is 14.1. The lowest BCUT2D eigenvalue weighted by Gasteiger charge is -2.23. The summed E-state index contributed by atoms with van der Waals surface area (Å²) in [4.78, 5) is 10.7. The normalized spacial score (nSPS) is 11.0. The van der Waals surface area contributed by atoms with Crippen molar-refractivity contribution in [3.05, 3.63) is 53.9 Å². The molecular formula is C17H19Cl2N3. The van der Waals surface area contributed by atoms with E-state index < -0.39 is 0 Å². The molecule has 1 aromatic heterocycles. The van der Waals surface area contributed by atoms with E-state index in [1.165, 1.54) is 5.56 Å². The minimum atomic E-state index is 0.583. The van der Waals surface area contributed by atoms with Gasteiger partial charge in [0, 0.05) is 42.9 Å². The van der Waals surface area contributed by atoms with E-state index >= 15 is 0 Å². The number of rotatable bonds is 7. The molecule has 0 unspecified atom stereocenters. The molecule has 0 atom stereocenters. The van der Waals surface area contributed by atoms with E-state index in [0.717, 1.165) is 30.0 Å². The van der Waals surface area contributed by atoms with Crippen LogP contribution in [-0.4, -0.2) is 36.0 Å². The second-order valence-electron chi connectivity index (χ2n) is 4.88. The van der Waals surface area contributed by atoms with Crippen molar-refractivity contribution in [1.82, 2.24) is 4.98 Å². The van der Waals surface area contributed by atoms with Crippen LogP contribution in [-0.2, 0) is 0 Å². The van der Waals surface area contributed by atoms with E-state index in [9.17, 15) is 0 Å². The molecule has 0 aliphatic carbocycles. The Morgan fingerprint density at radius 2 is 1.95 bits per heavy atom. The number of aliphatic imine (C=N–C) groups is 1. The highest BCUT2D eigenvalue weighted by Crippen LogP contribution is 2.19. The van der Waals surface area contributed by atoms with Crippen LogP contribution in [0.15, 0.2) is 47.7 Å². The summed E-state index contributed by atoms with van der Waals surface area (Å²) in [6, 6.07) is 10.1. The lowest BCUT2D eigenvalue weighted by Crippen LogP contribution is -2.27. The summed E-state index contributed by atoms with van der Waals surface area (Å²) in [5, 5.41) is 0. The Balaban J connectivity index is 2.17. The highest BCUT2D eigenvalue weighted by Gasteiger charge is 2.06. The van der Waals surface area contributed by atoms with E-state index in [0.29, 0.717) is 11.8 Å². The smallest absolute Gasteiger partial charge is 0.0813 e. The molecule has 3 nitrogen and oxygen atoms in total. The number of alkyl halides is 2. The molecule has 0 fully saturated rings. The minimum Gasteiger partial charge on any atom is -0.369 e. The SMILES string of the molecule is Cc1cc(N(CCCl)CCCl)ccc1C=Nc1cccnc1. The van der Waals surface area contributed by atoms with Gasteiger partial charge in [0.25, 0.3) is 0 Å². The van der Waals surface area contributed by atoms with Crippen LogP contribution in [0.5, 0.6) is 0 Å². The lowest BCUT2D eigenvalue weighted by atomic mass is 10.1. The van der Waals surface area contributed by atoms with Gasteiger partial charge < -0.3 is 4.90 Å². The number of hydrogen-bond acceptors (Lipinski definition) is 3. The first-order valence-corrected chi connectivity index (χ1v) is 8.23. The van der Waals surface area contributed by atoms with Gasteiger partial charge in [-0.1, -0.05) is 6.07 Å². The number of halogens is 2. The van der Waals surface area contributed by atoms with Crippen molar-refractivity contribution in [2.75, 3.05) is 29.7 Å². The molecule has 1 aromatic carbocycles. The molecule has 0 amide bonds. The predicted molar refractivity (Wildman–Crippen MR) is 96.3 cm³/mol. The van der Waals surface area contributed by atoms with Crippen molar-refractivity contribution in [2.45, 2.75) is 6.92 Å². The average molecular weight is 336 g/mol. The third-order valence-electron chi connectivity index (χ3n) is 3.33. The maximum atomic E-state index is 5.86. The summed E-state index contributed by atoms with van der Waals surface area (Å²) >= 11 is 11.7. The summed E-state index contributed by atoms with van der Waals surface area (Å²) in [6.45, 7) is 3.65. The van der Waals surface area contributed by atoms with Gasteiger partial charge in [0.15, 0.2) is 0 Å². The zero-order chi connectivity index (χ0) is 15.8.